The van der Waals surface area contributed by atoms with Crippen LogP contribution in [0.3, 0.4) is 0 Å². The third kappa shape index (κ3) is 3.26. The van der Waals surface area contributed by atoms with Crippen molar-refractivity contribution in [1.29, 1.82) is 0 Å². The summed E-state index contributed by atoms with van der Waals surface area (Å²) in [7, 11) is 0. The Bertz CT molecular complexity index is 828. The van der Waals surface area contributed by atoms with Gasteiger partial charge in [0.1, 0.15) is 0 Å². The Morgan fingerprint density at radius 3 is 2.52 bits per heavy atom. The van der Waals surface area contributed by atoms with Gasteiger partial charge in [-0.3, -0.25) is 0 Å². The number of carbonyl (C=O) groups is 1. The zero-order valence-electron chi connectivity index (χ0n) is 13.9. The van der Waals surface area contributed by atoms with Crippen LogP contribution in [-0.2, 0) is 6.54 Å². The maximum absolute atomic E-state index is 12.4. The molecule has 0 saturated carbocycles. The van der Waals surface area contributed by atoms with Gasteiger partial charge in [0.25, 0.3) is 0 Å². The molecule has 2 aromatic carbocycles. The minimum absolute atomic E-state index is 0.00347. The van der Waals surface area contributed by atoms with Gasteiger partial charge in [-0.2, -0.15) is 5.10 Å². The SMILES string of the molecule is O=C(NCc1ccc(-n2cccn2)cc1)N1CC[C@@H]1c1ccccc1. The molecule has 0 unspecified atom stereocenters. The Kier molecular flexibility index (Phi) is 4.21. The van der Waals surface area contributed by atoms with Crippen LogP contribution >= 0.6 is 0 Å². The van der Waals surface area contributed by atoms with Crippen LogP contribution in [0.2, 0.25) is 0 Å². The van der Waals surface area contributed by atoms with E-state index in [0.717, 1.165) is 24.2 Å². The molecule has 126 valence electrons. The van der Waals surface area contributed by atoms with Crippen molar-refractivity contribution in [2.24, 2.45) is 0 Å². The number of nitrogens with one attached hydrogen (secondary N) is 1. The second-order valence-corrected chi connectivity index (χ2v) is 6.18. The predicted molar refractivity (Wildman–Crippen MR) is 96.3 cm³/mol. The summed E-state index contributed by atoms with van der Waals surface area (Å²) in [4.78, 5) is 14.3. The van der Waals surface area contributed by atoms with Gasteiger partial charge in [-0.05, 0) is 35.7 Å². The molecule has 1 aromatic heterocycles. The summed E-state index contributed by atoms with van der Waals surface area (Å²) < 4.78 is 1.81. The summed E-state index contributed by atoms with van der Waals surface area (Å²) in [5, 5.41) is 7.23. The molecule has 2 heterocycles. The molecule has 0 spiro atoms. The van der Waals surface area contributed by atoms with Gasteiger partial charge in [0.05, 0.1) is 11.7 Å². The van der Waals surface area contributed by atoms with E-state index in [1.807, 2.05) is 64.3 Å². The molecule has 3 aromatic rings. The zero-order valence-corrected chi connectivity index (χ0v) is 13.9. The van der Waals surface area contributed by atoms with Crippen LogP contribution in [0, 0.1) is 0 Å². The topological polar surface area (TPSA) is 50.2 Å². The van der Waals surface area contributed by atoms with Gasteiger partial charge < -0.3 is 10.2 Å². The van der Waals surface area contributed by atoms with E-state index in [1.54, 1.807) is 6.20 Å². The molecule has 2 amide bonds. The Morgan fingerprint density at radius 1 is 1.08 bits per heavy atom. The first-order valence-electron chi connectivity index (χ1n) is 8.49. The van der Waals surface area contributed by atoms with E-state index in [0.29, 0.717) is 6.54 Å². The number of benzene rings is 2. The van der Waals surface area contributed by atoms with E-state index in [-0.39, 0.29) is 12.1 Å². The molecule has 5 nitrogen and oxygen atoms in total. The van der Waals surface area contributed by atoms with E-state index in [1.165, 1.54) is 5.56 Å². The lowest BCUT2D eigenvalue weighted by molar-refractivity contribution is 0.115. The smallest absolute Gasteiger partial charge is 0.318 e. The third-order valence-corrected chi connectivity index (χ3v) is 4.61. The number of rotatable bonds is 4. The summed E-state index contributed by atoms with van der Waals surface area (Å²) in [6.45, 7) is 1.33. The molecule has 1 N–H and O–H groups in total. The van der Waals surface area contributed by atoms with Gasteiger partial charge >= 0.3 is 6.03 Å². The lowest BCUT2D eigenvalue weighted by Crippen LogP contribution is -2.49. The van der Waals surface area contributed by atoms with Gasteiger partial charge in [0.2, 0.25) is 0 Å². The summed E-state index contributed by atoms with van der Waals surface area (Å²) in [5.41, 5.74) is 3.28. The fraction of sp³-hybridized carbons (Fsp3) is 0.200. The van der Waals surface area contributed by atoms with Crippen molar-refractivity contribution in [2.45, 2.75) is 19.0 Å². The maximum atomic E-state index is 12.4. The van der Waals surface area contributed by atoms with Crippen molar-refractivity contribution < 1.29 is 4.79 Å². The van der Waals surface area contributed by atoms with Crippen LogP contribution in [0.25, 0.3) is 5.69 Å². The van der Waals surface area contributed by atoms with Crippen molar-refractivity contribution in [3.8, 4) is 5.69 Å². The normalized spacial score (nSPS) is 16.3. The van der Waals surface area contributed by atoms with Crippen LogP contribution in [0.5, 0.6) is 0 Å². The van der Waals surface area contributed by atoms with E-state index in [4.69, 9.17) is 0 Å². The quantitative estimate of drug-likeness (QED) is 0.794. The number of hydrogen-bond donors (Lipinski definition) is 1. The number of amides is 2. The third-order valence-electron chi connectivity index (χ3n) is 4.61. The number of likely N-dealkylation sites (tertiary alicyclic amines) is 1. The second-order valence-electron chi connectivity index (χ2n) is 6.18. The molecule has 0 aliphatic carbocycles. The van der Waals surface area contributed by atoms with Crippen molar-refractivity contribution in [2.75, 3.05) is 6.54 Å². The highest BCUT2D eigenvalue weighted by atomic mass is 16.2. The van der Waals surface area contributed by atoms with Gasteiger partial charge in [0.15, 0.2) is 0 Å². The lowest BCUT2D eigenvalue weighted by atomic mass is 9.95. The fourth-order valence-corrected chi connectivity index (χ4v) is 3.12. The molecule has 1 atom stereocenters. The largest absolute Gasteiger partial charge is 0.334 e. The molecule has 0 radical (unpaired) electrons. The van der Waals surface area contributed by atoms with Crippen LogP contribution < -0.4 is 5.32 Å². The lowest BCUT2D eigenvalue weighted by Gasteiger charge is -2.41. The van der Waals surface area contributed by atoms with Crippen molar-refractivity contribution >= 4 is 6.03 Å². The minimum Gasteiger partial charge on any atom is -0.334 e. The number of hydrogen-bond acceptors (Lipinski definition) is 2. The summed E-state index contributed by atoms with van der Waals surface area (Å²) >= 11 is 0. The maximum Gasteiger partial charge on any atom is 0.318 e. The zero-order chi connectivity index (χ0) is 17.1. The minimum atomic E-state index is -0.00347. The Morgan fingerprint density at radius 2 is 1.88 bits per heavy atom. The molecule has 1 aliphatic heterocycles. The summed E-state index contributed by atoms with van der Waals surface area (Å²) in [6.07, 6.45) is 4.69. The average Bonchev–Trinajstić information content (AvgIpc) is 3.15. The van der Waals surface area contributed by atoms with Crippen LogP contribution in [-0.4, -0.2) is 27.3 Å². The first-order chi connectivity index (χ1) is 12.3. The van der Waals surface area contributed by atoms with Gasteiger partial charge in [0, 0.05) is 25.5 Å². The Labute approximate surface area is 146 Å². The van der Waals surface area contributed by atoms with Crippen molar-refractivity contribution in [3.05, 3.63) is 84.2 Å². The van der Waals surface area contributed by atoms with Gasteiger partial charge in [-0.15, -0.1) is 0 Å². The number of carbonyl (C=O) groups excluding carboxylic acids is 1. The molecule has 5 heteroatoms. The standard InChI is InChI=1S/C20H20N4O/c25-20(23-14-11-19(23)17-5-2-1-3-6-17)21-15-16-7-9-18(10-8-16)24-13-4-12-22-24/h1-10,12-13,19H,11,14-15H2,(H,21,25)/t19-/m1/s1. The monoisotopic (exact) mass is 332 g/mol. The van der Waals surface area contributed by atoms with Gasteiger partial charge in [-0.1, -0.05) is 42.5 Å². The number of urea groups is 1. The van der Waals surface area contributed by atoms with E-state index < -0.39 is 0 Å². The molecule has 1 aliphatic rings. The first-order valence-corrected chi connectivity index (χ1v) is 8.49. The summed E-state index contributed by atoms with van der Waals surface area (Å²) in [5.74, 6) is 0. The van der Waals surface area contributed by atoms with Crippen LogP contribution in [0.15, 0.2) is 73.1 Å². The molecule has 1 saturated heterocycles. The second kappa shape index (κ2) is 6.81. The van der Waals surface area contributed by atoms with Gasteiger partial charge in [-0.25, -0.2) is 9.48 Å². The number of aromatic nitrogens is 2. The molecule has 1 fully saturated rings. The van der Waals surface area contributed by atoms with Crippen LogP contribution in [0.1, 0.15) is 23.6 Å². The summed E-state index contributed by atoms with van der Waals surface area (Å²) in [6, 6.07) is 20.3. The van der Waals surface area contributed by atoms with Crippen LogP contribution in [0.4, 0.5) is 4.79 Å². The predicted octanol–water partition coefficient (Wildman–Crippen LogP) is 3.53. The molecule has 4 rings (SSSR count). The average molecular weight is 332 g/mol. The molecule has 25 heavy (non-hydrogen) atoms. The Hall–Kier alpha value is -3.08. The Balaban J connectivity index is 1.34. The highest BCUT2D eigenvalue weighted by molar-refractivity contribution is 5.75. The fourth-order valence-electron chi connectivity index (χ4n) is 3.12. The van der Waals surface area contributed by atoms with E-state index in [2.05, 4.69) is 22.5 Å². The number of nitrogens with zero attached hydrogens (tertiary/aromatic N) is 3. The highest BCUT2D eigenvalue weighted by Crippen LogP contribution is 2.32. The molecule has 0 bridgehead atoms. The molecular formula is C20H20N4O. The highest BCUT2D eigenvalue weighted by Gasteiger charge is 2.32. The molecular weight excluding hydrogens is 312 g/mol. The van der Waals surface area contributed by atoms with Crippen molar-refractivity contribution in [1.82, 2.24) is 20.0 Å². The van der Waals surface area contributed by atoms with E-state index in [9.17, 15) is 4.79 Å². The van der Waals surface area contributed by atoms with E-state index >= 15 is 0 Å². The first kappa shape index (κ1) is 15.4. The van der Waals surface area contributed by atoms with Crippen molar-refractivity contribution in [3.63, 3.8) is 0 Å².